The van der Waals surface area contributed by atoms with Gasteiger partial charge < -0.3 is 14.7 Å². The van der Waals surface area contributed by atoms with Crippen LogP contribution < -0.4 is 9.46 Å². The zero-order valence-corrected chi connectivity index (χ0v) is 17.9. The van der Waals surface area contributed by atoms with Gasteiger partial charge in [0, 0.05) is 24.2 Å². The van der Waals surface area contributed by atoms with Crippen molar-refractivity contribution >= 4 is 21.6 Å². The fourth-order valence-corrected chi connectivity index (χ4v) is 5.18. The number of sulfonamides is 1. The highest BCUT2D eigenvalue weighted by Crippen LogP contribution is 2.44. The van der Waals surface area contributed by atoms with Crippen molar-refractivity contribution in [3.05, 3.63) is 54.1 Å². The first-order valence-corrected chi connectivity index (χ1v) is 11.6. The van der Waals surface area contributed by atoms with Crippen LogP contribution in [0.5, 0.6) is 5.75 Å². The van der Waals surface area contributed by atoms with E-state index in [0.29, 0.717) is 30.0 Å². The number of piperidine rings is 1. The summed E-state index contributed by atoms with van der Waals surface area (Å²) in [4.78, 5) is 14.3. The Balaban J connectivity index is 1.76. The normalized spacial score (nSPS) is 23.4. The van der Waals surface area contributed by atoms with Crippen LogP contribution in [0.1, 0.15) is 44.7 Å². The highest BCUT2D eigenvalue weighted by atomic mass is 32.2. The van der Waals surface area contributed by atoms with Crippen LogP contribution in [0.2, 0.25) is 0 Å². The van der Waals surface area contributed by atoms with E-state index in [4.69, 9.17) is 4.74 Å². The van der Waals surface area contributed by atoms with Crippen LogP contribution in [0, 0.1) is 0 Å². The van der Waals surface area contributed by atoms with E-state index in [1.165, 1.54) is 12.1 Å². The Kier molecular flexibility index (Phi) is 5.23. The maximum atomic E-state index is 12.9. The van der Waals surface area contributed by atoms with Gasteiger partial charge in [0.1, 0.15) is 17.5 Å². The van der Waals surface area contributed by atoms with Gasteiger partial charge in [-0.15, -0.1) is 0 Å². The van der Waals surface area contributed by atoms with Gasteiger partial charge in [-0.05, 0) is 57.0 Å². The molecule has 2 heterocycles. The molecule has 2 aliphatic heterocycles. The average molecular weight is 431 g/mol. The summed E-state index contributed by atoms with van der Waals surface area (Å²) in [5.41, 5.74) is 0.0429. The lowest BCUT2D eigenvalue weighted by Gasteiger charge is -2.47. The van der Waals surface area contributed by atoms with Crippen molar-refractivity contribution in [2.45, 2.75) is 55.8 Å². The molecule has 0 aromatic heterocycles. The number of nitrogens with one attached hydrogen (secondary N) is 1. The summed E-state index contributed by atoms with van der Waals surface area (Å²) in [6.45, 7) is 4.06. The fourth-order valence-electron chi connectivity index (χ4n) is 4.09. The molecule has 0 saturated carbocycles. The molecule has 2 N–H and O–H groups in total. The number of hydrogen-bond acceptors (Lipinski definition) is 5. The molecule has 0 spiro atoms. The number of anilines is 1. The van der Waals surface area contributed by atoms with Gasteiger partial charge in [-0.3, -0.25) is 9.52 Å². The van der Waals surface area contributed by atoms with Crippen molar-refractivity contribution in [3.63, 3.8) is 0 Å². The Labute approximate surface area is 176 Å². The van der Waals surface area contributed by atoms with E-state index in [1.807, 2.05) is 0 Å². The maximum Gasteiger partial charge on any atom is 0.261 e. The number of fused-ring (bicyclic) bond motifs is 1. The van der Waals surface area contributed by atoms with E-state index in [0.717, 1.165) is 12.8 Å². The Morgan fingerprint density at radius 1 is 1.13 bits per heavy atom. The SMILES string of the molecule is CC1(C)Oc2ccc(S(=O)(=O)Nc3ccccc3)cc2[C@@H](N2CCCCC2=O)[C@@H]1O. The lowest BCUT2D eigenvalue weighted by Crippen LogP contribution is -2.55. The van der Waals surface area contributed by atoms with Crippen molar-refractivity contribution in [1.82, 2.24) is 4.90 Å². The first kappa shape index (κ1) is 20.7. The molecule has 0 aliphatic carbocycles. The first-order valence-electron chi connectivity index (χ1n) is 10.1. The number of aliphatic hydroxyl groups excluding tert-OH is 1. The Hall–Kier alpha value is -2.58. The molecule has 2 aromatic carbocycles. The standard InChI is InChI=1S/C22H26N2O5S/c1-22(2)21(26)20(24-13-7-6-10-19(24)25)17-14-16(11-12-18(17)29-22)30(27,28)23-15-8-4-3-5-9-15/h3-5,8-9,11-12,14,20-21,23,26H,6-7,10,13H2,1-2H3/t20-,21+/m1/s1. The molecule has 1 amide bonds. The quantitative estimate of drug-likeness (QED) is 0.777. The van der Waals surface area contributed by atoms with Crippen LogP contribution in [-0.2, 0) is 14.8 Å². The first-order chi connectivity index (χ1) is 14.2. The summed E-state index contributed by atoms with van der Waals surface area (Å²) >= 11 is 0. The number of rotatable bonds is 4. The number of ether oxygens (including phenoxy) is 1. The van der Waals surface area contributed by atoms with Gasteiger partial charge in [0.05, 0.1) is 10.9 Å². The largest absolute Gasteiger partial charge is 0.485 e. The number of benzene rings is 2. The van der Waals surface area contributed by atoms with E-state index in [1.54, 1.807) is 55.1 Å². The van der Waals surface area contributed by atoms with Crippen molar-refractivity contribution in [1.29, 1.82) is 0 Å². The molecule has 1 fully saturated rings. The van der Waals surface area contributed by atoms with Gasteiger partial charge in [0.25, 0.3) is 10.0 Å². The zero-order valence-electron chi connectivity index (χ0n) is 17.0. The number of carbonyl (C=O) groups is 1. The smallest absolute Gasteiger partial charge is 0.261 e. The van der Waals surface area contributed by atoms with Crippen molar-refractivity contribution in [2.24, 2.45) is 0 Å². The predicted octanol–water partition coefficient (Wildman–Crippen LogP) is 3.07. The van der Waals surface area contributed by atoms with E-state index >= 15 is 0 Å². The van der Waals surface area contributed by atoms with Crippen LogP contribution in [0.4, 0.5) is 5.69 Å². The third-order valence-corrected chi connectivity index (χ3v) is 7.10. The second-order valence-electron chi connectivity index (χ2n) is 8.31. The molecule has 2 aromatic rings. The fraction of sp³-hybridized carbons (Fsp3) is 0.409. The van der Waals surface area contributed by atoms with E-state index in [2.05, 4.69) is 4.72 Å². The zero-order chi connectivity index (χ0) is 21.5. The monoisotopic (exact) mass is 430 g/mol. The molecule has 2 aliphatic rings. The van der Waals surface area contributed by atoms with Gasteiger partial charge in [0.15, 0.2) is 0 Å². The number of amides is 1. The molecule has 30 heavy (non-hydrogen) atoms. The van der Waals surface area contributed by atoms with Gasteiger partial charge in [0.2, 0.25) is 5.91 Å². The average Bonchev–Trinajstić information content (AvgIpc) is 2.70. The summed E-state index contributed by atoms with van der Waals surface area (Å²) in [6, 6.07) is 12.5. The van der Waals surface area contributed by atoms with E-state index < -0.39 is 27.8 Å². The minimum Gasteiger partial charge on any atom is -0.485 e. The molecule has 1 saturated heterocycles. The second kappa shape index (κ2) is 7.59. The Bertz CT molecular complexity index is 1050. The molecule has 0 radical (unpaired) electrons. The number of likely N-dealkylation sites (tertiary alicyclic amines) is 1. The third-order valence-electron chi connectivity index (χ3n) is 5.72. The maximum absolute atomic E-state index is 12.9. The minimum absolute atomic E-state index is 0.0374. The molecule has 7 nitrogen and oxygen atoms in total. The predicted molar refractivity (Wildman–Crippen MR) is 113 cm³/mol. The summed E-state index contributed by atoms with van der Waals surface area (Å²) < 4.78 is 34.4. The molecular formula is C22H26N2O5S. The van der Waals surface area contributed by atoms with Gasteiger partial charge in [-0.25, -0.2) is 8.42 Å². The number of carbonyl (C=O) groups excluding carboxylic acids is 1. The summed E-state index contributed by atoms with van der Waals surface area (Å²) in [5.74, 6) is 0.442. The molecule has 8 heteroatoms. The Morgan fingerprint density at radius 2 is 1.87 bits per heavy atom. The highest BCUT2D eigenvalue weighted by Gasteiger charge is 2.47. The van der Waals surface area contributed by atoms with Crippen LogP contribution in [0.3, 0.4) is 0 Å². The summed E-state index contributed by atoms with van der Waals surface area (Å²) in [6.07, 6.45) is 1.10. The van der Waals surface area contributed by atoms with Gasteiger partial charge in [-0.1, -0.05) is 18.2 Å². The number of nitrogens with zero attached hydrogens (tertiary/aromatic N) is 1. The minimum atomic E-state index is -3.85. The molecule has 0 unspecified atom stereocenters. The van der Waals surface area contributed by atoms with Crippen LogP contribution in [0.15, 0.2) is 53.4 Å². The molecule has 2 atom stereocenters. The highest BCUT2D eigenvalue weighted by molar-refractivity contribution is 7.92. The second-order valence-corrected chi connectivity index (χ2v) is 9.99. The topological polar surface area (TPSA) is 95.9 Å². The van der Waals surface area contributed by atoms with Gasteiger partial charge in [-0.2, -0.15) is 0 Å². The summed E-state index contributed by atoms with van der Waals surface area (Å²) in [5, 5.41) is 11.1. The third kappa shape index (κ3) is 3.77. The number of para-hydroxylation sites is 1. The number of hydrogen-bond donors (Lipinski definition) is 2. The molecule has 160 valence electrons. The van der Waals surface area contributed by atoms with Gasteiger partial charge >= 0.3 is 0 Å². The van der Waals surface area contributed by atoms with E-state index in [-0.39, 0.29) is 10.8 Å². The lowest BCUT2D eigenvalue weighted by atomic mass is 9.84. The number of aliphatic hydroxyl groups is 1. The van der Waals surface area contributed by atoms with Crippen LogP contribution in [0.25, 0.3) is 0 Å². The Morgan fingerprint density at radius 3 is 2.57 bits per heavy atom. The lowest BCUT2D eigenvalue weighted by molar-refractivity contribution is -0.147. The van der Waals surface area contributed by atoms with E-state index in [9.17, 15) is 18.3 Å². The van der Waals surface area contributed by atoms with Crippen LogP contribution >= 0.6 is 0 Å². The molecule has 0 bridgehead atoms. The van der Waals surface area contributed by atoms with Crippen molar-refractivity contribution in [3.8, 4) is 5.75 Å². The molecular weight excluding hydrogens is 404 g/mol. The van der Waals surface area contributed by atoms with Crippen molar-refractivity contribution in [2.75, 3.05) is 11.3 Å². The van der Waals surface area contributed by atoms with Crippen LogP contribution in [-0.4, -0.2) is 42.6 Å². The van der Waals surface area contributed by atoms with Crippen molar-refractivity contribution < 1.29 is 23.1 Å². The summed E-state index contributed by atoms with van der Waals surface area (Å²) in [7, 11) is -3.85. The molecule has 4 rings (SSSR count).